The Balaban J connectivity index is 2.08. The quantitative estimate of drug-likeness (QED) is 0.766. The van der Waals surface area contributed by atoms with E-state index in [0.717, 1.165) is 19.4 Å². The van der Waals surface area contributed by atoms with E-state index in [1.54, 1.807) is 0 Å². The molecule has 4 N–H and O–H groups in total. The minimum Gasteiger partial charge on any atom is -0.369 e. The van der Waals surface area contributed by atoms with E-state index in [0.29, 0.717) is 18.1 Å². The standard InChI is InChI=1S/C13H25N3O/c1-13(2,12(15)17)8-16-10-4-3-5-11(16)7-9(14)6-10/h9-11H,3-8,14H2,1-2H3,(H2,15,17). The summed E-state index contributed by atoms with van der Waals surface area (Å²) in [5.74, 6) is -0.203. The van der Waals surface area contributed by atoms with Gasteiger partial charge >= 0.3 is 0 Å². The average molecular weight is 239 g/mol. The summed E-state index contributed by atoms with van der Waals surface area (Å²) in [7, 11) is 0. The molecule has 0 aromatic heterocycles. The van der Waals surface area contributed by atoms with Crippen LogP contribution in [0.25, 0.3) is 0 Å². The molecule has 0 aliphatic carbocycles. The smallest absolute Gasteiger partial charge is 0.224 e. The topological polar surface area (TPSA) is 72.3 Å². The lowest BCUT2D eigenvalue weighted by Gasteiger charge is -2.50. The summed E-state index contributed by atoms with van der Waals surface area (Å²) < 4.78 is 0. The van der Waals surface area contributed by atoms with Crippen molar-refractivity contribution in [3.05, 3.63) is 0 Å². The molecule has 2 fully saturated rings. The maximum atomic E-state index is 11.4. The number of hydrogen-bond acceptors (Lipinski definition) is 3. The number of nitrogens with two attached hydrogens (primary N) is 2. The Kier molecular flexibility index (Phi) is 3.46. The molecule has 98 valence electrons. The first-order valence-corrected chi connectivity index (χ1v) is 6.71. The Morgan fingerprint density at radius 1 is 1.29 bits per heavy atom. The van der Waals surface area contributed by atoms with Gasteiger partial charge in [0.25, 0.3) is 0 Å². The Bertz CT molecular complexity index is 289. The zero-order chi connectivity index (χ0) is 12.6. The first kappa shape index (κ1) is 12.8. The van der Waals surface area contributed by atoms with Gasteiger partial charge in [-0.2, -0.15) is 0 Å². The second-order valence-electron chi connectivity index (χ2n) is 6.39. The van der Waals surface area contributed by atoms with Crippen molar-refractivity contribution in [1.82, 2.24) is 4.90 Å². The van der Waals surface area contributed by atoms with Gasteiger partial charge < -0.3 is 11.5 Å². The first-order valence-electron chi connectivity index (χ1n) is 6.71. The summed E-state index contributed by atoms with van der Waals surface area (Å²) in [6, 6.07) is 1.48. The lowest BCUT2D eigenvalue weighted by molar-refractivity contribution is -0.128. The van der Waals surface area contributed by atoms with Crippen LogP contribution in [-0.4, -0.2) is 35.5 Å². The van der Waals surface area contributed by atoms with Crippen LogP contribution in [0, 0.1) is 5.41 Å². The fourth-order valence-corrected chi connectivity index (χ4v) is 3.31. The monoisotopic (exact) mass is 239 g/mol. The molecule has 2 atom stereocenters. The van der Waals surface area contributed by atoms with Crippen LogP contribution in [0.1, 0.15) is 46.0 Å². The summed E-state index contributed by atoms with van der Waals surface area (Å²) in [4.78, 5) is 13.9. The summed E-state index contributed by atoms with van der Waals surface area (Å²) >= 11 is 0. The van der Waals surface area contributed by atoms with Gasteiger partial charge in [-0.05, 0) is 39.5 Å². The minimum absolute atomic E-state index is 0.203. The van der Waals surface area contributed by atoms with E-state index in [9.17, 15) is 4.79 Å². The van der Waals surface area contributed by atoms with Crippen molar-refractivity contribution in [2.45, 2.75) is 64.1 Å². The lowest BCUT2D eigenvalue weighted by Crippen LogP contribution is -2.58. The van der Waals surface area contributed by atoms with Crippen molar-refractivity contribution >= 4 is 5.91 Å². The van der Waals surface area contributed by atoms with Crippen molar-refractivity contribution in [2.24, 2.45) is 16.9 Å². The number of fused-ring (bicyclic) bond motifs is 2. The van der Waals surface area contributed by atoms with Crippen LogP contribution in [0.3, 0.4) is 0 Å². The van der Waals surface area contributed by atoms with Crippen LogP contribution < -0.4 is 11.5 Å². The SMILES string of the molecule is CC(C)(CN1C2CCCC1CC(N)C2)C(N)=O. The second-order valence-corrected chi connectivity index (χ2v) is 6.39. The van der Waals surface area contributed by atoms with Crippen LogP contribution in [0.4, 0.5) is 0 Å². The van der Waals surface area contributed by atoms with E-state index in [2.05, 4.69) is 4.90 Å². The molecule has 2 heterocycles. The molecule has 2 saturated heterocycles. The van der Waals surface area contributed by atoms with Crippen LogP contribution in [0.2, 0.25) is 0 Å². The highest BCUT2D eigenvalue weighted by molar-refractivity contribution is 5.80. The Hall–Kier alpha value is -0.610. The number of carbonyl (C=O) groups excluding carboxylic acids is 1. The third-order valence-electron chi connectivity index (χ3n) is 4.41. The van der Waals surface area contributed by atoms with E-state index in [4.69, 9.17) is 11.5 Å². The molecule has 2 aliphatic heterocycles. The summed E-state index contributed by atoms with van der Waals surface area (Å²) in [5, 5.41) is 0. The highest BCUT2D eigenvalue weighted by atomic mass is 16.1. The minimum atomic E-state index is -0.435. The normalized spacial score (nSPS) is 34.6. The molecule has 0 aromatic rings. The average Bonchev–Trinajstić information content (AvgIpc) is 2.18. The summed E-state index contributed by atoms with van der Waals surface area (Å²) in [6.07, 6.45) is 5.89. The van der Waals surface area contributed by atoms with Gasteiger partial charge in [0.15, 0.2) is 0 Å². The number of rotatable bonds is 3. The van der Waals surface area contributed by atoms with Crippen molar-refractivity contribution in [2.75, 3.05) is 6.54 Å². The van der Waals surface area contributed by atoms with Crippen molar-refractivity contribution in [1.29, 1.82) is 0 Å². The van der Waals surface area contributed by atoms with Crippen LogP contribution in [-0.2, 0) is 4.79 Å². The van der Waals surface area contributed by atoms with Gasteiger partial charge in [0.05, 0.1) is 5.41 Å². The zero-order valence-corrected chi connectivity index (χ0v) is 11.0. The van der Waals surface area contributed by atoms with Crippen LogP contribution >= 0.6 is 0 Å². The molecule has 0 radical (unpaired) electrons. The van der Waals surface area contributed by atoms with Gasteiger partial charge in [-0.1, -0.05) is 6.42 Å². The number of carbonyl (C=O) groups is 1. The molecule has 0 saturated carbocycles. The second kappa shape index (κ2) is 4.58. The number of primary amides is 1. The summed E-state index contributed by atoms with van der Waals surface area (Å²) in [6.45, 7) is 4.67. The lowest BCUT2D eigenvalue weighted by atomic mass is 9.79. The highest BCUT2D eigenvalue weighted by Gasteiger charge is 2.40. The van der Waals surface area contributed by atoms with Gasteiger partial charge in [-0.15, -0.1) is 0 Å². The fraction of sp³-hybridized carbons (Fsp3) is 0.923. The molecule has 1 amide bonds. The van der Waals surface area contributed by atoms with E-state index >= 15 is 0 Å². The van der Waals surface area contributed by atoms with Gasteiger partial charge in [-0.25, -0.2) is 0 Å². The van der Waals surface area contributed by atoms with E-state index in [1.807, 2.05) is 13.8 Å². The third kappa shape index (κ3) is 2.63. The molecular formula is C13H25N3O. The van der Waals surface area contributed by atoms with E-state index in [1.165, 1.54) is 19.3 Å². The van der Waals surface area contributed by atoms with Crippen molar-refractivity contribution < 1.29 is 4.79 Å². The van der Waals surface area contributed by atoms with Crippen molar-refractivity contribution in [3.8, 4) is 0 Å². The number of piperidine rings is 2. The predicted octanol–water partition coefficient (Wildman–Crippen LogP) is 0.842. The largest absolute Gasteiger partial charge is 0.369 e. The molecule has 0 spiro atoms. The highest BCUT2D eigenvalue weighted by Crippen LogP contribution is 2.35. The Labute approximate surface area is 104 Å². The first-order chi connectivity index (χ1) is 7.90. The molecule has 4 nitrogen and oxygen atoms in total. The molecule has 2 rings (SSSR count). The summed E-state index contributed by atoms with van der Waals surface area (Å²) in [5.41, 5.74) is 11.1. The number of amides is 1. The zero-order valence-electron chi connectivity index (χ0n) is 11.0. The van der Waals surface area contributed by atoms with Gasteiger partial charge in [0.2, 0.25) is 5.91 Å². The Morgan fingerprint density at radius 2 is 1.82 bits per heavy atom. The molecular weight excluding hydrogens is 214 g/mol. The molecule has 0 aromatic carbocycles. The molecule has 17 heavy (non-hydrogen) atoms. The van der Waals surface area contributed by atoms with E-state index in [-0.39, 0.29) is 5.91 Å². The number of hydrogen-bond donors (Lipinski definition) is 2. The molecule has 2 aliphatic rings. The van der Waals surface area contributed by atoms with Gasteiger partial charge in [0.1, 0.15) is 0 Å². The maximum Gasteiger partial charge on any atom is 0.224 e. The number of nitrogens with zero attached hydrogens (tertiary/aromatic N) is 1. The third-order valence-corrected chi connectivity index (χ3v) is 4.41. The molecule has 2 bridgehead atoms. The molecule has 2 unspecified atom stereocenters. The Morgan fingerprint density at radius 3 is 2.29 bits per heavy atom. The van der Waals surface area contributed by atoms with Crippen molar-refractivity contribution in [3.63, 3.8) is 0 Å². The van der Waals surface area contributed by atoms with Gasteiger partial charge in [0, 0.05) is 24.7 Å². The fourth-order valence-electron chi connectivity index (χ4n) is 3.31. The maximum absolute atomic E-state index is 11.4. The molecule has 4 heteroatoms. The van der Waals surface area contributed by atoms with Crippen LogP contribution in [0.15, 0.2) is 0 Å². The predicted molar refractivity (Wildman–Crippen MR) is 68.3 cm³/mol. The van der Waals surface area contributed by atoms with Gasteiger partial charge in [-0.3, -0.25) is 9.69 Å². The van der Waals surface area contributed by atoms with Crippen LogP contribution in [0.5, 0.6) is 0 Å². The van der Waals surface area contributed by atoms with E-state index < -0.39 is 5.41 Å².